The number of aromatic nitrogens is 1. The Kier molecular flexibility index (Phi) is 4.80. The SMILES string of the molecule is CCc1cc2c(/C=C/C(=O)OC)cccc2n1Cc1ccccc1. The molecular formula is C21H21NO2. The Morgan fingerprint density at radius 3 is 2.62 bits per heavy atom. The first-order valence-corrected chi connectivity index (χ1v) is 8.14. The number of nitrogens with zero attached hydrogens (tertiary/aromatic N) is 1. The van der Waals surface area contributed by atoms with Crippen LogP contribution in [0.1, 0.15) is 23.7 Å². The van der Waals surface area contributed by atoms with E-state index in [9.17, 15) is 4.79 Å². The number of carbonyl (C=O) groups excluding carboxylic acids is 1. The quantitative estimate of drug-likeness (QED) is 0.514. The van der Waals surface area contributed by atoms with Crippen LogP contribution in [0.2, 0.25) is 0 Å². The van der Waals surface area contributed by atoms with Crippen molar-refractivity contribution in [2.45, 2.75) is 19.9 Å². The maximum Gasteiger partial charge on any atom is 0.330 e. The maximum absolute atomic E-state index is 11.4. The molecule has 0 amide bonds. The number of ether oxygens (including phenoxy) is 1. The van der Waals surface area contributed by atoms with Crippen LogP contribution in [-0.2, 0) is 22.5 Å². The Labute approximate surface area is 142 Å². The highest BCUT2D eigenvalue weighted by Gasteiger charge is 2.10. The molecule has 3 heteroatoms. The molecule has 0 bridgehead atoms. The summed E-state index contributed by atoms with van der Waals surface area (Å²) in [6.45, 7) is 3.01. The molecule has 1 aromatic heterocycles. The van der Waals surface area contributed by atoms with Gasteiger partial charge in [0, 0.05) is 29.2 Å². The number of aryl methyl sites for hydroxylation is 1. The second-order valence-corrected chi connectivity index (χ2v) is 5.70. The van der Waals surface area contributed by atoms with Crippen molar-refractivity contribution in [2.75, 3.05) is 7.11 Å². The van der Waals surface area contributed by atoms with Crippen molar-refractivity contribution in [3.63, 3.8) is 0 Å². The number of carbonyl (C=O) groups is 1. The molecule has 0 saturated heterocycles. The second-order valence-electron chi connectivity index (χ2n) is 5.70. The molecule has 122 valence electrons. The molecular weight excluding hydrogens is 298 g/mol. The van der Waals surface area contributed by atoms with Gasteiger partial charge in [-0.3, -0.25) is 0 Å². The lowest BCUT2D eigenvalue weighted by Gasteiger charge is -2.10. The van der Waals surface area contributed by atoms with E-state index in [-0.39, 0.29) is 5.97 Å². The summed E-state index contributed by atoms with van der Waals surface area (Å²) >= 11 is 0. The predicted octanol–water partition coefficient (Wildman–Crippen LogP) is 4.44. The summed E-state index contributed by atoms with van der Waals surface area (Å²) < 4.78 is 7.03. The van der Waals surface area contributed by atoms with Crippen LogP contribution in [0.3, 0.4) is 0 Å². The summed E-state index contributed by atoms with van der Waals surface area (Å²) in [6.07, 6.45) is 4.25. The normalized spacial score (nSPS) is 11.2. The highest BCUT2D eigenvalue weighted by Crippen LogP contribution is 2.26. The van der Waals surface area contributed by atoms with Gasteiger partial charge < -0.3 is 9.30 Å². The van der Waals surface area contributed by atoms with Gasteiger partial charge in [0.05, 0.1) is 7.11 Å². The molecule has 3 nitrogen and oxygen atoms in total. The van der Waals surface area contributed by atoms with Gasteiger partial charge in [-0.1, -0.05) is 49.4 Å². The van der Waals surface area contributed by atoms with Crippen molar-refractivity contribution in [1.82, 2.24) is 4.57 Å². The van der Waals surface area contributed by atoms with Crippen molar-refractivity contribution in [3.8, 4) is 0 Å². The van der Waals surface area contributed by atoms with Crippen LogP contribution in [0, 0.1) is 0 Å². The van der Waals surface area contributed by atoms with Crippen LogP contribution in [0.15, 0.2) is 60.7 Å². The number of esters is 1. The van der Waals surface area contributed by atoms with Gasteiger partial charge in [-0.25, -0.2) is 4.79 Å². The molecule has 1 heterocycles. The van der Waals surface area contributed by atoms with E-state index in [2.05, 4.69) is 52.6 Å². The van der Waals surface area contributed by atoms with Gasteiger partial charge in [-0.2, -0.15) is 0 Å². The Balaban J connectivity index is 2.06. The molecule has 0 aliphatic heterocycles. The third-order valence-electron chi connectivity index (χ3n) is 4.21. The molecule has 0 atom stereocenters. The zero-order chi connectivity index (χ0) is 16.9. The van der Waals surface area contributed by atoms with E-state index in [1.807, 2.05) is 24.3 Å². The van der Waals surface area contributed by atoms with Crippen molar-refractivity contribution in [3.05, 3.63) is 77.5 Å². The molecule has 24 heavy (non-hydrogen) atoms. The molecule has 0 saturated carbocycles. The average Bonchev–Trinajstić information content (AvgIpc) is 2.98. The van der Waals surface area contributed by atoms with Gasteiger partial charge >= 0.3 is 5.97 Å². The molecule has 0 fully saturated rings. The molecule has 2 aromatic carbocycles. The molecule has 3 rings (SSSR count). The lowest BCUT2D eigenvalue weighted by atomic mass is 10.1. The minimum atomic E-state index is -0.341. The first-order chi connectivity index (χ1) is 11.7. The predicted molar refractivity (Wildman–Crippen MR) is 97.9 cm³/mol. The van der Waals surface area contributed by atoms with Crippen molar-refractivity contribution in [1.29, 1.82) is 0 Å². The number of fused-ring (bicyclic) bond motifs is 1. The van der Waals surface area contributed by atoms with Crippen LogP contribution < -0.4 is 0 Å². The van der Waals surface area contributed by atoms with E-state index in [4.69, 9.17) is 0 Å². The highest BCUT2D eigenvalue weighted by atomic mass is 16.5. The van der Waals surface area contributed by atoms with Gasteiger partial charge in [-0.15, -0.1) is 0 Å². The zero-order valence-electron chi connectivity index (χ0n) is 14.0. The van der Waals surface area contributed by atoms with Crippen LogP contribution >= 0.6 is 0 Å². The van der Waals surface area contributed by atoms with Crippen molar-refractivity contribution >= 4 is 22.9 Å². The van der Waals surface area contributed by atoms with Crippen molar-refractivity contribution < 1.29 is 9.53 Å². The smallest absolute Gasteiger partial charge is 0.330 e. The van der Waals surface area contributed by atoms with E-state index in [0.29, 0.717) is 0 Å². The largest absolute Gasteiger partial charge is 0.466 e. The molecule has 0 aliphatic carbocycles. The lowest BCUT2D eigenvalue weighted by molar-refractivity contribution is -0.134. The number of benzene rings is 2. The minimum Gasteiger partial charge on any atom is -0.466 e. The molecule has 0 radical (unpaired) electrons. The fourth-order valence-corrected chi connectivity index (χ4v) is 2.98. The number of methoxy groups -OCH3 is 1. The molecule has 0 unspecified atom stereocenters. The second kappa shape index (κ2) is 7.18. The molecule has 3 aromatic rings. The Morgan fingerprint density at radius 2 is 1.92 bits per heavy atom. The summed E-state index contributed by atoms with van der Waals surface area (Å²) in [6, 6.07) is 18.9. The molecule has 0 N–H and O–H groups in total. The standard InChI is InChI=1S/C21H21NO2/c1-3-18-14-19-17(12-13-21(23)24-2)10-7-11-20(19)22(18)15-16-8-5-4-6-9-16/h4-14H,3,15H2,1-2H3/b13-12+. The van der Waals surface area contributed by atoms with E-state index < -0.39 is 0 Å². The number of hydrogen-bond acceptors (Lipinski definition) is 2. The van der Waals surface area contributed by atoms with E-state index >= 15 is 0 Å². The topological polar surface area (TPSA) is 31.2 Å². The molecule has 0 aliphatic rings. The van der Waals surface area contributed by atoms with Crippen LogP contribution in [0.4, 0.5) is 0 Å². The van der Waals surface area contributed by atoms with Gasteiger partial charge in [-0.05, 0) is 35.8 Å². The monoisotopic (exact) mass is 319 g/mol. The van der Waals surface area contributed by atoms with Crippen LogP contribution in [-0.4, -0.2) is 17.6 Å². The number of rotatable bonds is 5. The van der Waals surface area contributed by atoms with Crippen LogP contribution in [0.5, 0.6) is 0 Å². The molecule has 0 spiro atoms. The Bertz CT molecular complexity index is 875. The van der Waals surface area contributed by atoms with Crippen molar-refractivity contribution in [2.24, 2.45) is 0 Å². The summed E-state index contributed by atoms with van der Waals surface area (Å²) in [7, 11) is 1.39. The third-order valence-corrected chi connectivity index (χ3v) is 4.21. The van der Waals surface area contributed by atoms with Gasteiger partial charge in [0.25, 0.3) is 0 Å². The summed E-state index contributed by atoms with van der Waals surface area (Å²) in [5.74, 6) is -0.341. The number of hydrogen-bond donors (Lipinski definition) is 0. The first-order valence-electron chi connectivity index (χ1n) is 8.14. The highest BCUT2D eigenvalue weighted by molar-refractivity contribution is 5.94. The maximum atomic E-state index is 11.4. The summed E-state index contributed by atoms with van der Waals surface area (Å²) in [4.78, 5) is 11.4. The van der Waals surface area contributed by atoms with Gasteiger partial charge in [0.15, 0.2) is 0 Å². The summed E-state index contributed by atoms with van der Waals surface area (Å²) in [5, 5.41) is 1.16. The van der Waals surface area contributed by atoms with Crippen LogP contribution in [0.25, 0.3) is 17.0 Å². The fourth-order valence-electron chi connectivity index (χ4n) is 2.98. The Hall–Kier alpha value is -2.81. The van der Waals surface area contributed by atoms with E-state index in [1.165, 1.54) is 30.0 Å². The third kappa shape index (κ3) is 3.25. The minimum absolute atomic E-state index is 0.341. The average molecular weight is 319 g/mol. The van der Waals surface area contributed by atoms with Gasteiger partial charge in [0.1, 0.15) is 0 Å². The first kappa shape index (κ1) is 16.1. The lowest BCUT2D eigenvalue weighted by Crippen LogP contribution is -2.03. The zero-order valence-corrected chi connectivity index (χ0v) is 14.0. The van der Waals surface area contributed by atoms with E-state index in [1.54, 1.807) is 0 Å². The van der Waals surface area contributed by atoms with Gasteiger partial charge in [0.2, 0.25) is 0 Å². The fraction of sp³-hybridized carbons (Fsp3) is 0.190. The Morgan fingerprint density at radius 1 is 1.12 bits per heavy atom. The van der Waals surface area contributed by atoms with E-state index in [0.717, 1.165) is 23.9 Å². The summed E-state index contributed by atoms with van der Waals surface area (Å²) in [5.41, 5.74) is 4.77.